The molecule has 2 rings (SSSR count). The highest BCUT2D eigenvalue weighted by Crippen LogP contribution is 2.37. The number of hydrogen-bond acceptors (Lipinski definition) is 2. The van der Waals surface area contributed by atoms with Crippen LogP contribution in [0.2, 0.25) is 0 Å². The van der Waals surface area contributed by atoms with Gasteiger partial charge in [-0.2, -0.15) is 0 Å². The van der Waals surface area contributed by atoms with Crippen LogP contribution in [0.25, 0.3) is 0 Å². The van der Waals surface area contributed by atoms with Gasteiger partial charge < -0.3 is 10.5 Å². The SMILES string of the molecule is CC(N)COC1CCC(c2c(F)ccc(F)c2F)CC1. The van der Waals surface area contributed by atoms with Gasteiger partial charge in [-0.3, -0.25) is 0 Å². The molecule has 0 bridgehead atoms. The first kappa shape index (κ1) is 15.3. The first-order chi connectivity index (χ1) is 9.49. The lowest BCUT2D eigenvalue weighted by atomic mass is 9.82. The van der Waals surface area contributed by atoms with Crippen LogP contribution in [0.4, 0.5) is 13.2 Å². The van der Waals surface area contributed by atoms with Crippen LogP contribution in [-0.4, -0.2) is 18.8 Å². The predicted octanol–water partition coefficient (Wildman–Crippen LogP) is 3.49. The van der Waals surface area contributed by atoms with Crippen molar-refractivity contribution in [3.63, 3.8) is 0 Å². The van der Waals surface area contributed by atoms with Crippen molar-refractivity contribution >= 4 is 0 Å². The number of halogens is 3. The maximum absolute atomic E-state index is 13.7. The summed E-state index contributed by atoms with van der Waals surface area (Å²) in [7, 11) is 0. The van der Waals surface area contributed by atoms with Crippen molar-refractivity contribution in [3.05, 3.63) is 35.1 Å². The van der Waals surface area contributed by atoms with Crippen LogP contribution in [0.5, 0.6) is 0 Å². The van der Waals surface area contributed by atoms with Gasteiger partial charge >= 0.3 is 0 Å². The first-order valence-electron chi connectivity index (χ1n) is 6.99. The minimum absolute atomic E-state index is 0.0224. The molecule has 5 heteroatoms. The molecule has 2 nitrogen and oxygen atoms in total. The lowest BCUT2D eigenvalue weighted by molar-refractivity contribution is 0.0189. The smallest absolute Gasteiger partial charge is 0.165 e. The molecule has 0 amide bonds. The second-order valence-electron chi connectivity index (χ2n) is 5.54. The van der Waals surface area contributed by atoms with E-state index in [0.717, 1.165) is 12.1 Å². The maximum atomic E-state index is 13.7. The molecule has 20 heavy (non-hydrogen) atoms. The zero-order chi connectivity index (χ0) is 14.7. The Bertz CT molecular complexity index is 457. The summed E-state index contributed by atoms with van der Waals surface area (Å²) in [6, 6.07) is 1.80. The number of ether oxygens (including phenoxy) is 1. The summed E-state index contributed by atoms with van der Waals surface area (Å²) >= 11 is 0. The highest BCUT2D eigenvalue weighted by molar-refractivity contribution is 5.25. The van der Waals surface area contributed by atoms with E-state index < -0.39 is 17.5 Å². The Balaban J connectivity index is 1.99. The molecule has 0 saturated heterocycles. The summed E-state index contributed by atoms with van der Waals surface area (Å²) in [5, 5.41) is 0. The van der Waals surface area contributed by atoms with E-state index in [0.29, 0.717) is 32.3 Å². The quantitative estimate of drug-likeness (QED) is 0.860. The molecule has 1 unspecified atom stereocenters. The molecule has 2 N–H and O–H groups in total. The molecule has 1 saturated carbocycles. The number of benzene rings is 1. The summed E-state index contributed by atoms with van der Waals surface area (Å²) < 4.78 is 46.3. The van der Waals surface area contributed by atoms with E-state index in [2.05, 4.69) is 0 Å². The molecule has 0 aliphatic heterocycles. The molecule has 0 radical (unpaired) electrons. The van der Waals surface area contributed by atoms with Gasteiger partial charge in [-0.25, -0.2) is 13.2 Å². The number of rotatable bonds is 4. The largest absolute Gasteiger partial charge is 0.377 e. The summed E-state index contributed by atoms with van der Waals surface area (Å²) in [6.45, 7) is 2.35. The Morgan fingerprint density at radius 1 is 1.15 bits per heavy atom. The van der Waals surface area contributed by atoms with E-state index >= 15 is 0 Å². The fourth-order valence-electron chi connectivity index (χ4n) is 2.72. The van der Waals surface area contributed by atoms with Gasteiger partial charge in [0.05, 0.1) is 12.7 Å². The Kier molecular flexibility index (Phi) is 5.05. The van der Waals surface area contributed by atoms with Gasteiger partial charge in [0.15, 0.2) is 11.6 Å². The third-order valence-electron chi connectivity index (χ3n) is 3.76. The first-order valence-corrected chi connectivity index (χ1v) is 6.99. The Labute approximate surface area is 117 Å². The van der Waals surface area contributed by atoms with Crippen LogP contribution < -0.4 is 5.73 Å². The minimum Gasteiger partial charge on any atom is -0.377 e. The summed E-state index contributed by atoms with van der Waals surface area (Å²) in [4.78, 5) is 0. The lowest BCUT2D eigenvalue weighted by Gasteiger charge is -2.29. The van der Waals surface area contributed by atoms with Crippen LogP contribution in [-0.2, 0) is 4.74 Å². The van der Waals surface area contributed by atoms with Crippen LogP contribution >= 0.6 is 0 Å². The highest BCUT2D eigenvalue weighted by atomic mass is 19.2. The molecule has 1 aromatic carbocycles. The number of hydrogen-bond donors (Lipinski definition) is 1. The molecule has 0 aromatic heterocycles. The van der Waals surface area contributed by atoms with E-state index in [1.807, 2.05) is 6.92 Å². The standard InChI is InChI=1S/C15H20F3NO/c1-9(19)8-20-11-4-2-10(3-5-11)14-12(16)6-7-13(17)15(14)18/h6-7,9-11H,2-5,8,19H2,1H3. The summed E-state index contributed by atoms with van der Waals surface area (Å²) in [6.07, 6.45) is 2.71. The molecule has 1 atom stereocenters. The second kappa shape index (κ2) is 6.59. The third kappa shape index (κ3) is 3.52. The average molecular weight is 287 g/mol. The average Bonchev–Trinajstić information content (AvgIpc) is 2.42. The zero-order valence-electron chi connectivity index (χ0n) is 11.5. The van der Waals surface area contributed by atoms with Crippen molar-refractivity contribution in [1.29, 1.82) is 0 Å². The Hall–Kier alpha value is -1.07. The van der Waals surface area contributed by atoms with Gasteiger partial charge in [0, 0.05) is 11.6 Å². The minimum atomic E-state index is -1.05. The van der Waals surface area contributed by atoms with Crippen molar-refractivity contribution in [1.82, 2.24) is 0 Å². The summed E-state index contributed by atoms with van der Waals surface area (Å²) in [5.74, 6) is -2.98. The predicted molar refractivity (Wildman–Crippen MR) is 70.9 cm³/mol. The van der Waals surface area contributed by atoms with E-state index in [9.17, 15) is 13.2 Å². The fourth-order valence-corrected chi connectivity index (χ4v) is 2.72. The molecular formula is C15H20F3NO. The van der Waals surface area contributed by atoms with E-state index in [4.69, 9.17) is 10.5 Å². The topological polar surface area (TPSA) is 35.2 Å². The van der Waals surface area contributed by atoms with Crippen molar-refractivity contribution < 1.29 is 17.9 Å². The van der Waals surface area contributed by atoms with Gasteiger partial charge in [0.1, 0.15) is 5.82 Å². The third-order valence-corrected chi connectivity index (χ3v) is 3.76. The van der Waals surface area contributed by atoms with Crippen LogP contribution in [0, 0.1) is 17.5 Å². The van der Waals surface area contributed by atoms with Gasteiger partial charge in [-0.05, 0) is 50.7 Å². The fraction of sp³-hybridized carbons (Fsp3) is 0.600. The van der Waals surface area contributed by atoms with Crippen molar-refractivity contribution in [2.45, 2.75) is 50.7 Å². The van der Waals surface area contributed by atoms with Crippen LogP contribution in [0.15, 0.2) is 12.1 Å². The van der Waals surface area contributed by atoms with Crippen molar-refractivity contribution in [2.75, 3.05) is 6.61 Å². The van der Waals surface area contributed by atoms with Gasteiger partial charge in [-0.15, -0.1) is 0 Å². The van der Waals surface area contributed by atoms with Gasteiger partial charge in [0.25, 0.3) is 0 Å². The normalized spacial score (nSPS) is 24.6. The Morgan fingerprint density at radius 2 is 1.75 bits per heavy atom. The second-order valence-corrected chi connectivity index (χ2v) is 5.54. The lowest BCUT2D eigenvalue weighted by Crippen LogP contribution is -2.28. The van der Waals surface area contributed by atoms with E-state index in [-0.39, 0.29) is 23.6 Å². The highest BCUT2D eigenvalue weighted by Gasteiger charge is 2.28. The Morgan fingerprint density at radius 3 is 2.35 bits per heavy atom. The van der Waals surface area contributed by atoms with Gasteiger partial charge in [0.2, 0.25) is 0 Å². The van der Waals surface area contributed by atoms with E-state index in [1.165, 1.54) is 0 Å². The molecule has 0 spiro atoms. The van der Waals surface area contributed by atoms with Crippen LogP contribution in [0.3, 0.4) is 0 Å². The van der Waals surface area contributed by atoms with Crippen molar-refractivity contribution in [2.24, 2.45) is 5.73 Å². The molecule has 1 aliphatic carbocycles. The molecule has 0 heterocycles. The van der Waals surface area contributed by atoms with Crippen LogP contribution in [0.1, 0.15) is 44.1 Å². The molecule has 1 fully saturated rings. The van der Waals surface area contributed by atoms with E-state index in [1.54, 1.807) is 0 Å². The molecular weight excluding hydrogens is 267 g/mol. The van der Waals surface area contributed by atoms with Crippen molar-refractivity contribution in [3.8, 4) is 0 Å². The monoisotopic (exact) mass is 287 g/mol. The zero-order valence-corrected chi connectivity index (χ0v) is 11.5. The van der Waals surface area contributed by atoms with Gasteiger partial charge in [-0.1, -0.05) is 0 Å². The molecule has 1 aliphatic rings. The summed E-state index contributed by atoms with van der Waals surface area (Å²) in [5.41, 5.74) is 5.50. The molecule has 112 valence electrons. The number of nitrogens with two attached hydrogens (primary N) is 1. The molecule has 1 aromatic rings. The maximum Gasteiger partial charge on any atom is 0.165 e.